The lowest BCUT2D eigenvalue weighted by atomic mass is 10.2. The topological polar surface area (TPSA) is 20.3 Å². The van der Waals surface area contributed by atoms with Crippen LogP contribution in [-0.2, 0) is 4.79 Å². The number of rotatable bonds is 1. The highest BCUT2D eigenvalue weighted by molar-refractivity contribution is 5.95. The lowest BCUT2D eigenvalue weighted by molar-refractivity contribution is -0.117. The number of carbonyl (C=O) groups is 1. The van der Waals surface area contributed by atoms with Crippen LogP contribution in [0.3, 0.4) is 0 Å². The molecule has 1 unspecified atom stereocenters. The first-order chi connectivity index (χ1) is 6.66. The van der Waals surface area contributed by atoms with Gasteiger partial charge in [-0.1, -0.05) is 6.92 Å². The minimum atomic E-state index is -0.270. The van der Waals surface area contributed by atoms with E-state index in [-0.39, 0.29) is 11.7 Å². The van der Waals surface area contributed by atoms with Gasteiger partial charge in [-0.15, -0.1) is 0 Å². The van der Waals surface area contributed by atoms with Crippen LogP contribution in [0.5, 0.6) is 0 Å². The summed E-state index contributed by atoms with van der Waals surface area (Å²) >= 11 is 0. The Morgan fingerprint density at radius 1 is 1.36 bits per heavy atom. The Kier molecular flexibility index (Phi) is 2.23. The van der Waals surface area contributed by atoms with Crippen LogP contribution in [0.2, 0.25) is 0 Å². The zero-order valence-corrected chi connectivity index (χ0v) is 8.03. The summed E-state index contributed by atoms with van der Waals surface area (Å²) in [7, 11) is 0. The van der Waals surface area contributed by atoms with Crippen molar-refractivity contribution in [2.45, 2.75) is 13.3 Å². The monoisotopic (exact) mass is 193 g/mol. The van der Waals surface area contributed by atoms with Gasteiger partial charge in [-0.3, -0.25) is 4.79 Å². The maximum atomic E-state index is 12.6. The molecule has 74 valence electrons. The molecule has 1 aliphatic rings. The van der Waals surface area contributed by atoms with Crippen LogP contribution in [0, 0.1) is 11.7 Å². The number of carbonyl (C=O) groups excluding carboxylic acids is 1. The summed E-state index contributed by atoms with van der Waals surface area (Å²) in [5.74, 6) is 0.255. The average Bonchev–Trinajstić information content (AvgIpc) is 2.47. The number of hydrogen-bond donors (Lipinski definition) is 0. The highest BCUT2D eigenvalue weighted by atomic mass is 19.1. The standard InChI is InChI=1S/C11H12FNO/c1-8-6-11(14)13(7-8)10-4-2-9(12)3-5-10/h2-5,8H,6-7H2,1H3. The molecule has 0 N–H and O–H groups in total. The average molecular weight is 193 g/mol. The summed E-state index contributed by atoms with van der Waals surface area (Å²) in [5, 5.41) is 0. The van der Waals surface area contributed by atoms with Crippen LogP contribution in [0.1, 0.15) is 13.3 Å². The van der Waals surface area contributed by atoms with Gasteiger partial charge in [0.05, 0.1) is 0 Å². The van der Waals surface area contributed by atoms with E-state index in [9.17, 15) is 9.18 Å². The van der Waals surface area contributed by atoms with Crippen molar-refractivity contribution < 1.29 is 9.18 Å². The molecule has 0 radical (unpaired) electrons. The maximum Gasteiger partial charge on any atom is 0.227 e. The zero-order chi connectivity index (χ0) is 10.1. The molecule has 1 fully saturated rings. The highest BCUT2D eigenvalue weighted by Gasteiger charge is 2.27. The van der Waals surface area contributed by atoms with E-state index in [0.717, 1.165) is 12.2 Å². The molecule has 1 heterocycles. The number of halogens is 1. The van der Waals surface area contributed by atoms with Crippen LogP contribution in [-0.4, -0.2) is 12.5 Å². The second-order valence-electron chi connectivity index (χ2n) is 3.79. The molecule has 0 spiro atoms. The number of hydrogen-bond acceptors (Lipinski definition) is 1. The normalized spacial score (nSPS) is 21.7. The van der Waals surface area contributed by atoms with Gasteiger partial charge in [-0.25, -0.2) is 4.39 Å². The van der Waals surface area contributed by atoms with Crippen LogP contribution < -0.4 is 4.90 Å². The van der Waals surface area contributed by atoms with Gasteiger partial charge in [0.1, 0.15) is 5.82 Å². The van der Waals surface area contributed by atoms with Gasteiger partial charge in [0.15, 0.2) is 0 Å². The molecule has 1 atom stereocenters. The van der Waals surface area contributed by atoms with Gasteiger partial charge < -0.3 is 4.90 Å². The Balaban J connectivity index is 2.23. The van der Waals surface area contributed by atoms with Crippen molar-refractivity contribution in [1.29, 1.82) is 0 Å². The fraction of sp³-hybridized carbons (Fsp3) is 0.364. The zero-order valence-electron chi connectivity index (χ0n) is 8.03. The van der Waals surface area contributed by atoms with Crippen molar-refractivity contribution in [2.75, 3.05) is 11.4 Å². The SMILES string of the molecule is CC1CC(=O)N(c2ccc(F)cc2)C1. The third-order valence-corrected chi connectivity index (χ3v) is 2.46. The molecule has 1 aromatic rings. The lowest BCUT2D eigenvalue weighted by Gasteiger charge is -2.15. The second-order valence-corrected chi connectivity index (χ2v) is 3.79. The quantitative estimate of drug-likeness (QED) is 0.669. The van der Waals surface area contributed by atoms with E-state index in [1.54, 1.807) is 17.0 Å². The predicted octanol–water partition coefficient (Wildman–Crippen LogP) is 2.20. The molecule has 1 aliphatic heterocycles. The number of benzene rings is 1. The van der Waals surface area contributed by atoms with Crippen molar-refractivity contribution in [2.24, 2.45) is 5.92 Å². The van der Waals surface area contributed by atoms with E-state index in [1.165, 1.54) is 12.1 Å². The van der Waals surface area contributed by atoms with Gasteiger partial charge in [0.25, 0.3) is 0 Å². The Labute approximate surface area is 82.3 Å². The summed E-state index contributed by atoms with van der Waals surface area (Å²) in [6, 6.07) is 6.05. The first kappa shape index (κ1) is 9.19. The molecular weight excluding hydrogens is 181 g/mol. The molecule has 2 nitrogen and oxygen atoms in total. The van der Waals surface area contributed by atoms with E-state index in [0.29, 0.717) is 12.3 Å². The van der Waals surface area contributed by atoms with E-state index in [2.05, 4.69) is 0 Å². The summed E-state index contributed by atoms with van der Waals surface area (Å²) in [4.78, 5) is 13.2. The molecule has 1 saturated heterocycles. The minimum absolute atomic E-state index is 0.129. The lowest BCUT2D eigenvalue weighted by Crippen LogP contribution is -2.24. The van der Waals surface area contributed by atoms with Gasteiger partial charge in [0, 0.05) is 18.7 Å². The number of nitrogens with zero attached hydrogens (tertiary/aromatic N) is 1. The summed E-state index contributed by atoms with van der Waals surface area (Å²) < 4.78 is 12.6. The fourth-order valence-corrected chi connectivity index (χ4v) is 1.76. The van der Waals surface area contributed by atoms with Gasteiger partial charge in [-0.2, -0.15) is 0 Å². The fourth-order valence-electron chi connectivity index (χ4n) is 1.76. The maximum absolute atomic E-state index is 12.6. The van der Waals surface area contributed by atoms with Gasteiger partial charge >= 0.3 is 0 Å². The summed E-state index contributed by atoms with van der Waals surface area (Å²) in [6.45, 7) is 2.78. The van der Waals surface area contributed by atoms with E-state index >= 15 is 0 Å². The molecule has 0 aliphatic carbocycles. The van der Waals surface area contributed by atoms with Gasteiger partial charge in [0.2, 0.25) is 5.91 Å². The van der Waals surface area contributed by atoms with Crippen molar-refractivity contribution in [3.05, 3.63) is 30.1 Å². The Morgan fingerprint density at radius 2 is 2.00 bits per heavy atom. The molecular formula is C11H12FNO. The van der Waals surface area contributed by atoms with Crippen molar-refractivity contribution in [3.63, 3.8) is 0 Å². The molecule has 0 aromatic heterocycles. The van der Waals surface area contributed by atoms with Crippen LogP contribution in [0.4, 0.5) is 10.1 Å². The van der Waals surface area contributed by atoms with E-state index < -0.39 is 0 Å². The summed E-state index contributed by atoms with van der Waals surface area (Å²) in [5.41, 5.74) is 0.792. The van der Waals surface area contributed by atoms with Gasteiger partial charge in [-0.05, 0) is 30.2 Å². The highest BCUT2D eigenvalue weighted by Crippen LogP contribution is 2.24. The van der Waals surface area contributed by atoms with Crippen LogP contribution >= 0.6 is 0 Å². The first-order valence-electron chi connectivity index (χ1n) is 4.73. The summed E-state index contributed by atoms with van der Waals surface area (Å²) in [6.07, 6.45) is 0.595. The number of amides is 1. The molecule has 3 heteroatoms. The largest absolute Gasteiger partial charge is 0.312 e. The molecule has 14 heavy (non-hydrogen) atoms. The smallest absolute Gasteiger partial charge is 0.227 e. The molecule has 0 bridgehead atoms. The molecule has 2 rings (SSSR count). The van der Waals surface area contributed by atoms with Crippen LogP contribution in [0.25, 0.3) is 0 Å². The third kappa shape index (κ3) is 1.62. The molecule has 0 saturated carbocycles. The third-order valence-electron chi connectivity index (χ3n) is 2.46. The molecule has 1 aromatic carbocycles. The van der Waals surface area contributed by atoms with Crippen molar-refractivity contribution in [1.82, 2.24) is 0 Å². The van der Waals surface area contributed by atoms with E-state index in [4.69, 9.17) is 0 Å². The second kappa shape index (κ2) is 3.40. The Bertz CT molecular complexity index is 347. The Morgan fingerprint density at radius 3 is 2.50 bits per heavy atom. The first-order valence-corrected chi connectivity index (χ1v) is 4.73. The van der Waals surface area contributed by atoms with Crippen molar-refractivity contribution >= 4 is 11.6 Å². The van der Waals surface area contributed by atoms with E-state index in [1.807, 2.05) is 6.92 Å². The molecule has 1 amide bonds. The minimum Gasteiger partial charge on any atom is -0.312 e. The van der Waals surface area contributed by atoms with Crippen molar-refractivity contribution in [3.8, 4) is 0 Å². The van der Waals surface area contributed by atoms with Crippen LogP contribution in [0.15, 0.2) is 24.3 Å². The predicted molar refractivity (Wildman–Crippen MR) is 52.5 cm³/mol. The Hall–Kier alpha value is -1.38. The number of anilines is 1.